The average Bonchev–Trinajstić information content (AvgIpc) is 2.62. The van der Waals surface area contributed by atoms with Crippen LogP contribution in [0, 0.1) is 18.8 Å². The highest BCUT2D eigenvalue weighted by molar-refractivity contribution is 5.66. The molecule has 1 aromatic rings. The van der Waals surface area contributed by atoms with Gasteiger partial charge >= 0.3 is 6.09 Å². The quantitative estimate of drug-likeness (QED) is 0.755. The fourth-order valence-electron chi connectivity index (χ4n) is 2.58. The van der Waals surface area contributed by atoms with E-state index >= 15 is 0 Å². The maximum atomic E-state index is 10.7. The number of aromatic nitrogens is 1. The van der Waals surface area contributed by atoms with E-state index in [1.165, 1.54) is 4.90 Å². The Balaban J connectivity index is 1.70. The van der Waals surface area contributed by atoms with Crippen molar-refractivity contribution in [2.24, 2.45) is 11.8 Å². The van der Waals surface area contributed by atoms with Crippen molar-refractivity contribution in [3.05, 3.63) is 17.8 Å². The summed E-state index contributed by atoms with van der Waals surface area (Å²) >= 11 is 0. The van der Waals surface area contributed by atoms with Crippen LogP contribution in [0.2, 0.25) is 0 Å². The second kappa shape index (κ2) is 2.74. The minimum Gasteiger partial charge on any atom is -0.465 e. The minimum absolute atomic E-state index is 0.356. The van der Waals surface area contributed by atoms with Crippen molar-refractivity contribution in [3.8, 4) is 0 Å². The molecular formula is C10H12N2O3. The zero-order valence-electron chi connectivity index (χ0n) is 8.38. The molecule has 80 valence electrons. The van der Waals surface area contributed by atoms with Gasteiger partial charge in [0, 0.05) is 19.0 Å². The predicted octanol–water partition coefficient (Wildman–Crippen LogP) is 1.31. The van der Waals surface area contributed by atoms with Gasteiger partial charge in [-0.3, -0.25) is 0 Å². The summed E-state index contributed by atoms with van der Waals surface area (Å²) in [4.78, 5) is 16.4. The van der Waals surface area contributed by atoms with Gasteiger partial charge in [0.15, 0.2) is 5.89 Å². The predicted molar refractivity (Wildman–Crippen MR) is 50.6 cm³/mol. The molecule has 5 heteroatoms. The number of carbonyl (C=O) groups is 1. The Bertz CT molecular complexity index is 403. The number of oxazole rings is 1. The lowest BCUT2D eigenvalue weighted by Gasteiger charge is -2.14. The van der Waals surface area contributed by atoms with Crippen molar-refractivity contribution in [2.75, 3.05) is 13.1 Å². The van der Waals surface area contributed by atoms with Crippen LogP contribution in [0.4, 0.5) is 4.79 Å². The van der Waals surface area contributed by atoms with Gasteiger partial charge in [-0.15, -0.1) is 0 Å². The third kappa shape index (κ3) is 1.22. The molecule has 3 atom stereocenters. The van der Waals surface area contributed by atoms with E-state index in [0.29, 0.717) is 30.8 Å². The second-order valence-corrected chi connectivity index (χ2v) is 4.35. The van der Waals surface area contributed by atoms with Gasteiger partial charge in [0.1, 0.15) is 5.76 Å². The van der Waals surface area contributed by atoms with E-state index in [2.05, 4.69) is 4.98 Å². The van der Waals surface area contributed by atoms with Crippen LogP contribution in [0.1, 0.15) is 17.6 Å². The van der Waals surface area contributed by atoms with Gasteiger partial charge in [-0.05, 0) is 18.8 Å². The Morgan fingerprint density at radius 2 is 2.27 bits per heavy atom. The number of nitrogens with zero attached hydrogens (tertiary/aromatic N) is 2. The number of hydrogen-bond acceptors (Lipinski definition) is 3. The van der Waals surface area contributed by atoms with Crippen LogP contribution < -0.4 is 0 Å². The summed E-state index contributed by atoms with van der Waals surface area (Å²) in [5.74, 6) is 2.82. The number of amides is 1. The molecule has 2 fully saturated rings. The van der Waals surface area contributed by atoms with E-state index in [1.807, 2.05) is 6.92 Å². The summed E-state index contributed by atoms with van der Waals surface area (Å²) in [6, 6.07) is 0. The number of rotatable bonds is 1. The minimum atomic E-state index is -0.815. The largest absolute Gasteiger partial charge is 0.465 e. The molecule has 1 amide bonds. The first-order chi connectivity index (χ1) is 7.16. The monoisotopic (exact) mass is 208 g/mol. The zero-order valence-corrected chi connectivity index (χ0v) is 8.38. The molecule has 1 saturated carbocycles. The van der Waals surface area contributed by atoms with Crippen LogP contribution >= 0.6 is 0 Å². The average molecular weight is 208 g/mol. The van der Waals surface area contributed by atoms with Gasteiger partial charge in [-0.1, -0.05) is 0 Å². The Labute approximate surface area is 86.7 Å². The Morgan fingerprint density at radius 3 is 2.73 bits per heavy atom. The van der Waals surface area contributed by atoms with Crippen LogP contribution in [0.25, 0.3) is 0 Å². The van der Waals surface area contributed by atoms with Gasteiger partial charge < -0.3 is 14.4 Å². The summed E-state index contributed by atoms with van der Waals surface area (Å²) in [5.41, 5.74) is 0. The Kier molecular flexibility index (Phi) is 1.60. The zero-order chi connectivity index (χ0) is 10.6. The molecule has 0 bridgehead atoms. The lowest BCUT2D eigenvalue weighted by atomic mass is 10.2. The van der Waals surface area contributed by atoms with E-state index < -0.39 is 6.09 Å². The van der Waals surface area contributed by atoms with E-state index in [0.717, 1.165) is 11.7 Å². The SMILES string of the molecule is Cc1cnc(C2[C@H]3CN(C(=O)O)C[C@@H]23)o1. The molecule has 0 radical (unpaired) electrons. The third-order valence-electron chi connectivity index (χ3n) is 3.39. The molecule has 0 aromatic carbocycles. The highest BCUT2D eigenvalue weighted by Crippen LogP contribution is 2.57. The summed E-state index contributed by atoms with van der Waals surface area (Å²) < 4.78 is 5.46. The maximum absolute atomic E-state index is 10.7. The van der Waals surface area contributed by atoms with Gasteiger partial charge in [0.25, 0.3) is 0 Å². The molecule has 1 aliphatic heterocycles. The molecule has 0 spiro atoms. The number of aryl methyl sites for hydroxylation is 1. The van der Waals surface area contributed by atoms with Crippen LogP contribution in [0.3, 0.4) is 0 Å². The van der Waals surface area contributed by atoms with Gasteiger partial charge in [-0.2, -0.15) is 0 Å². The lowest BCUT2D eigenvalue weighted by molar-refractivity contribution is 0.149. The van der Waals surface area contributed by atoms with Crippen molar-refractivity contribution in [1.82, 2.24) is 9.88 Å². The molecule has 1 unspecified atom stereocenters. The number of likely N-dealkylation sites (tertiary alicyclic amines) is 1. The second-order valence-electron chi connectivity index (χ2n) is 4.35. The van der Waals surface area contributed by atoms with E-state index in [9.17, 15) is 4.79 Å². The first-order valence-corrected chi connectivity index (χ1v) is 5.07. The molecule has 2 aliphatic rings. The van der Waals surface area contributed by atoms with Crippen LogP contribution in [0.5, 0.6) is 0 Å². The van der Waals surface area contributed by atoms with Gasteiger partial charge in [-0.25, -0.2) is 9.78 Å². The molecule has 15 heavy (non-hydrogen) atoms. The topological polar surface area (TPSA) is 66.6 Å². The van der Waals surface area contributed by atoms with Crippen LogP contribution in [-0.2, 0) is 0 Å². The Morgan fingerprint density at radius 1 is 1.60 bits per heavy atom. The van der Waals surface area contributed by atoms with Crippen LogP contribution in [0.15, 0.2) is 10.6 Å². The molecule has 2 heterocycles. The van der Waals surface area contributed by atoms with E-state index in [-0.39, 0.29) is 0 Å². The summed E-state index contributed by atoms with van der Waals surface area (Å²) in [6.45, 7) is 3.14. The smallest absolute Gasteiger partial charge is 0.407 e. The first-order valence-electron chi connectivity index (χ1n) is 5.07. The van der Waals surface area contributed by atoms with Gasteiger partial charge in [0.2, 0.25) is 0 Å². The fourth-order valence-corrected chi connectivity index (χ4v) is 2.58. The molecule has 1 N–H and O–H groups in total. The van der Waals surface area contributed by atoms with Crippen molar-refractivity contribution in [2.45, 2.75) is 12.8 Å². The summed E-state index contributed by atoms with van der Waals surface area (Å²) in [5, 5.41) is 8.80. The number of fused-ring (bicyclic) bond motifs is 1. The number of carboxylic acid groups (broad SMARTS) is 1. The summed E-state index contributed by atoms with van der Waals surface area (Å²) in [6.07, 6.45) is 0.905. The van der Waals surface area contributed by atoms with E-state index in [1.54, 1.807) is 6.20 Å². The lowest BCUT2D eigenvalue weighted by Crippen LogP contribution is -2.29. The highest BCUT2D eigenvalue weighted by Gasteiger charge is 2.59. The molecule has 5 nitrogen and oxygen atoms in total. The molecule has 3 rings (SSSR count). The van der Waals surface area contributed by atoms with Crippen molar-refractivity contribution >= 4 is 6.09 Å². The highest BCUT2D eigenvalue weighted by atomic mass is 16.4. The molecule has 1 aromatic heterocycles. The Hall–Kier alpha value is -1.52. The van der Waals surface area contributed by atoms with Crippen molar-refractivity contribution in [3.63, 3.8) is 0 Å². The molecular weight excluding hydrogens is 196 g/mol. The molecule has 1 aliphatic carbocycles. The summed E-state index contributed by atoms with van der Waals surface area (Å²) in [7, 11) is 0. The van der Waals surface area contributed by atoms with Gasteiger partial charge in [0.05, 0.1) is 6.20 Å². The first kappa shape index (κ1) is 8.76. The fraction of sp³-hybridized carbons (Fsp3) is 0.600. The van der Waals surface area contributed by atoms with Crippen molar-refractivity contribution in [1.29, 1.82) is 0 Å². The van der Waals surface area contributed by atoms with Crippen LogP contribution in [-0.4, -0.2) is 34.2 Å². The van der Waals surface area contributed by atoms with E-state index in [4.69, 9.17) is 9.52 Å². The van der Waals surface area contributed by atoms with Crippen molar-refractivity contribution < 1.29 is 14.3 Å². The third-order valence-corrected chi connectivity index (χ3v) is 3.39. The maximum Gasteiger partial charge on any atom is 0.407 e. The normalized spacial score (nSPS) is 32.9. The standard InChI is InChI=1S/C10H12N2O3/c1-5-2-11-9(15-5)8-6-3-12(10(13)14)4-7(6)8/h2,6-8H,3-4H2,1H3,(H,13,14)/t6-,7+,8?. The molecule has 1 saturated heterocycles. The number of piperidine rings is 1. The number of hydrogen-bond donors (Lipinski definition) is 1.